The molecule has 0 aliphatic heterocycles. The minimum absolute atomic E-state index is 0.348. The predicted octanol–water partition coefficient (Wildman–Crippen LogP) is 3.69. The molecule has 0 spiro atoms. The molecule has 3 rings (SSSR count). The zero-order valence-corrected chi connectivity index (χ0v) is 16.6. The van der Waals surface area contributed by atoms with Gasteiger partial charge in [0.2, 0.25) is 0 Å². The Morgan fingerprint density at radius 2 is 1.93 bits per heavy atom. The van der Waals surface area contributed by atoms with Crippen molar-refractivity contribution in [3.8, 4) is 6.07 Å². The molecular weight excluding hydrogens is 354 g/mol. The van der Waals surface area contributed by atoms with Gasteiger partial charge in [-0.3, -0.25) is 9.78 Å². The summed E-state index contributed by atoms with van der Waals surface area (Å²) in [7, 11) is 1.62. The molecule has 0 saturated heterocycles. The van der Waals surface area contributed by atoms with Gasteiger partial charge >= 0.3 is 5.97 Å². The van der Waals surface area contributed by atoms with Crippen molar-refractivity contribution in [3.05, 3.63) is 41.1 Å². The van der Waals surface area contributed by atoms with E-state index in [1.165, 1.54) is 4.90 Å². The largest absolute Gasteiger partial charge is 0.452 e. The van der Waals surface area contributed by atoms with E-state index in [-0.39, 0.29) is 12.5 Å². The molecule has 0 N–H and O–H groups in total. The summed E-state index contributed by atoms with van der Waals surface area (Å²) in [6, 6.07) is 9.89. The molecule has 1 saturated carbocycles. The number of esters is 1. The first-order valence-corrected chi connectivity index (χ1v) is 9.59. The molecule has 0 bridgehead atoms. The third kappa shape index (κ3) is 3.84. The van der Waals surface area contributed by atoms with Crippen LogP contribution in [0.15, 0.2) is 24.3 Å². The van der Waals surface area contributed by atoms with E-state index in [2.05, 4.69) is 11.1 Å². The Bertz CT molecular complexity index is 955. The van der Waals surface area contributed by atoms with Crippen LogP contribution in [0.25, 0.3) is 10.9 Å². The number of aromatic nitrogens is 1. The second-order valence-corrected chi connectivity index (χ2v) is 7.55. The fourth-order valence-corrected chi connectivity index (χ4v) is 3.80. The third-order valence-electron chi connectivity index (χ3n) is 5.61. The van der Waals surface area contributed by atoms with Crippen LogP contribution in [0.3, 0.4) is 0 Å². The lowest BCUT2D eigenvalue weighted by molar-refractivity contribution is -0.138. The van der Waals surface area contributed by atoms with Gasteiger partial charge in [-0.1, -0.05) is 30.9 Å². The van der Waals surface area contributed by atoms with Crippen molar-refractivity contribution in [3.63, 3.8) is 0 Å². The Kier molecular flexibility index (Phi) is 5.64. The van der Waals surface area contributed by atoms with Gasteiger partial charge in [-0.25, -0.2) is 4.79 Å². The molecule has 0 atom stereocenters. The number of fused-ring (bicyclic) bond motifs is 1. The molecule has 1 aliphatic rings. The highest BCUT2D eigenvalue weighted by Crippen LogP contribution is 2.32. The second-order valence-electron chi connectivity index (χ2n) is 7.55. The summed E-state index contributed by atoms with van der Waals surface area (Å²) in [5.74, 6) is -0.941. The highest BCUT2D eigenvalue weighted by molar-refractivity contribution is 5.96. The van der Waals surface area contributed by atoms with Gasteiger partial charge in [0.25, 0.3) is 5.91 Å². The molecule has 1 heterocycles. The molecule has 1 aromatic carbocycles. The number of hydrogen-bond donors (Lipinski definition) is 0. The van der Waals surface area contributed by atoms with Gasteiger partial charge in [0, 0.05) is 12.4 Å². The van der Waals surface area contributed by atoms with Crippen molar-refractivity contribution in [1.82, 2.24) is 9.88 Å². The van der Waals surface area contributed by atoms with Crippen LogP contribution in [-0.2, 0) is 9.53 Å². The Morgan fingerprint density at radius 1 is 1.21 bits per heavy atom. The minimum Gasteiger partial charge on any atom is -0.452 e. The Balaban J connectivity index is 1.71. The summed E-state index contributed by atoms with van der Waals surface area (Å²) < 4.78 is 5.27. The molecule has 1 amide bonds. The maximum atomic E-state index is 12.6. The minimum atomic E-state index is -0.792. The van der Waals surface area contributed by atoms with Gasteiger partial charge in [-0.05, 0) is 44.9 Å². The van der Waals surface area contributed by atoms with Gasteiger partial charge in [0.1, 0.15) is 5.54 Å². The van der Waals surface area contributed by atoms with Crippen LogP contribution < -0.4 is 0 Å². The number of rotatable bonds is 4. The molecule has 1 fully saturated rings. The van der Waals surface area contributed by atoms with Gasteiger partial charge in [0.15, 0.2) is 6.61 Å². The highest BCUT2D eigenvalue weighted by Gasteiger charge is 2.39. The number of carbonyl (C=O) groups excluding carboxylic acids is 2. The topological polar surface area (TPSA) is 83.3 Å². The summed E-state index contributed by atoms with van der Waals surface area (Å²) in [6.07, 6.45) is 4.24. The fourth-order valence-electron chi connectivity index (χ4n) is 3.80. The number of pyridine rings is 1. The van der Waals surface area contributed by atoms with Crippen LogP contribution in [0.4, 0.5) is 0 Å². The first-order valence-electron chi connectivity index (χ1n) is 9.59. The van der Waals surface area contributed by atoms with Gasteiger partial charge in [0.05, 0.1) is 22.8 Å². The molecular formula is C22H25N3O3. The predicted molar refractivity (Wildman–Crippen MR) is 106 cm³/mol. The molecule has 0 radical (unpaired) electrons. The van der Waals surface area contributed by atoms with E-state index in [4.69, 9.17) is 4.74 Å². The quantitative estimate of drug-likeness (QED) is 0.757. The average Bonchev–Trinajstić information content (AvgIpc) is 2.71. The summed E-state index contributed by atoms with van der Waals surface area (Å²) in [5.41, 5.74) is 2.00. The lowest BCUT2D eigenvalue weighted by Crippen LogP contribution is -2.51. The van der Waals surface area contributed by atoms with E-state index in [1.54, 1.807) is 20.0 Å². The number of aryl methyl sites for hydroxylation is 2. The maximum absolute atomic E-state index is 12.6. The zero-order valence-electron chi connectivity index (χ0n) is 16.6. The van der Waals surface area contributed by atoms with Crippen molar-refractivity contribution < 1.29 is 14.3 Å². The van der Waals surface area contributed by atoms with Crippen LogP contribution in [0, 0.1) is 25.2 Å². The standard InChI is InChI=1S/C22H25N3O3/c1-15-7-8-19-17(11-15)12-18(16(2)24-19)21(27)28-13-20(26)25(3)22(14-23)9-5-4-6-10-22/h7-8,11-12H,4-6,9-10,13H2,1-3H3. The van der Waals surface area contributed by atoms with E-state index in [0.717, 1.165) is 35.7 Å². The molecule has 2 aromatic rings. The van der Waals surface area contributed by atoms with Crippen molar-refractivity contribution >= 4 is 22.8 Å². The van der Waals surface area contributed by atoms with E-state index in [0.29, 0.717) is 24.1 Å². The maximum Gasteiger partial charge on any atom is 0.340 e. The smallest absolute Gasteiger partial charge is 0.340 e. The first kappa shape index (κ1) is 19.8. The summed E-state index contributed by atoms with van der Waals surface area (Å²) >= 11 is 0. The number of nitrogens with zero attached hydrogens (tertiary/aromatic N) is 3. The number of nitriles is 1. The number of amides is 1. The number of carbonyl (C=O) groups is 2. The normalized spacial score (nSPS) is 15.6. The Morgan fingerprint density at radius 3 is 2.61 bits per heavy atom. The van der Waals surface area contributed by atoms with Crippen molar-refractivity contribution in [2.45, 2.75) is 51.5 Å². The van der Waals surface area contributed by atoms with Gasteiger partial charge in [-0.2, -0.15) is 5.26 Å². The van der Waals surface area contributed by atoms with E-state index in [9.17, 15) is 14.9 Å². The second kappa shape index (κ2) is 7.97. The van der Waals surface area contributed by atoms with Crippen LogP contribution in [0.5, 0.6) is 0 Å². The lowest BCUT2D eigenvalue weighted by Gasteiger charge is -2.38. The van der Waals surface area contributed by atoms with E-state index in [1.807, 2.05) is 25.1 Å². The number of hydrogen-bond acceptors (Lipinski definition) is 5. The van der Waals surface area contributed by atoms with Gasteiger partial charge < -0.3 is 9.64 Å². The molecule has 1 aliphatic carbocycles. The van der Waals surface area contributed by atoms with E-state index >= 15 is 0 Å². The molecule has 6 nitrogen and oxygen atoms in total. The van der Waals surface area contributed by atoms with Crippen molar-refractivity contribution in [2.24, 2.45) is 0 Å². The summed E-state index contributed by atoms with van der Waals surface area (Å²) in [5, 5.41) is 10.5. The third-order valence-corrected chi connectivity index (χ3v) is 5.61. The molecule has 0 unspecified atom stereocenters. The Hall–Kier alpha value is -2.94. The zero-order chi connectivity index (χ0) is 20.3. The first-order chi connectivity index (χ1) is 13.4. The lowest BCUT2D eigenvalue weighted by atomic mass is 9.81. The number of likely N-dealkylation sites (N-methyl/N-ethyl adjacent to an activating group) is 1. The SMILES string of the molecule is Cc1ccc2nc(C)c(C(=O)OCC(=O)N(C)C3(C#N)CCCCC3)cc2c1. The van der Waals surface area contributed by atoms with Crippen LogP contribution >= 0.6 is 0 Å². The molecule has 28 heavy (non-hydrogen) atoms. The van der Waals surface area contributed by atoms with Crippen molar-refractivity contribution in [2.75, 3.05) is 13.7 Å². The number of ether oxygens (including phenoxy) is 1. The summed E-state index contributed by atoms with van der Waals surface area (Å²) in [4.78, 5) is 31.0. The molecule has 146 valence electrons. The molecule has 6 heteroatoms. The number of benzene rings is 1. The van der Waals surface area contributed by atoms with E-state index < -0.39 is 11.5 Å². The fraction of sp³-hybridized carbons (Fsp3) is 0.455. The monoisotopic (exact) mass is 379 g/mol. The average molecular weight is 379 g/mol. The Labute approximate surface area is 165 Å². The van der Waals surface area contributed by atoms with Gasteiger partial charge in [-0.15, -0.1) is 0 Å². The molecule has 1 aromatic heterocycles. The highest BCUT2D eigenvalue weighted by atomic mass is 16.5. The summed E-state index contributed by atoms with van der Waals surface area (Å²) in [6.45, 7) is 3.34. The van der Waals surface area contributed by atoms with Crippen LogP contribution in [0.1, 0.15) is 53.7 Å². The van der Waals surface area contributed by atoms with Crippen molar-refractivity contribution in [1.29, 1.82) is 5.26 Å². The van der Waals surface area contributed by atoms with Crippen LogP contribution in [0.2, 0.25) is 0 Å². The van der Waals surface area contributed by atoms with Crippen LogP contribution in [-0.4, -0.2) is 41.0 Å².